The Balaban J connectivity index is 2.14. The van der Waals surface area contributed by atoms with Gasteiger partial charge in [-0.1, -0.05) is 40.2 Å². The first-order valence-electron chi connectivity index (χ1n) is 6.11. The van der Waals surface area contributed by atoms with Crippen molar-refractivity contribution in [2.75, 3.05) is 0 Å². The number of para-hydroxylation sites is 1. The fourth-order valence-corrected chi connectivity index (χ4v) is 3.49. The van der Waals surface area contributed by atoms with Gasteiger partial charge in [0.1, 0.15) is 0 Å². The summed E-state index contributed by atoms with van der Waals surface area (Å²) in [5.41, 5.74) is 7.01. The Hall–Kier alpha value is -1.54. The van der Waals surface area contributed by atoms with E-state index in [9.17, 15) is 0 Å². The van der Waals surface area contributed by atoms with E-state index < -0.39 is 0 Å². The largest absolute Gasteiger partial charge is 0.347 e. The minimum atomic E-state index is 1.04. The van der Waals surface area contributed by atoms with Crippen LogP contribution in [0.1, 0.15) is 11.3 Å². The summed E-state index contributed by atoms with van der Waals surface area (Å²) in [6.45, 7) is 0. The van der Waals surface area contributed by atoms with Gasteiger partial charge in [-0.2, -0.15) is 0 Å². The number of nitrogens with zero attached hydrogens (tertiary/aromatic N) is 1. The highest BCUT2D eigenvalue weighted by atomic mass is 79.9. The molecule has 0 saturated heterocycles. The Morgan fingerprint density at radius 1 is 1.11 bits per heavy atom. The summed E-state index contributed by atoms with van der Waals surface area (Å²) < 4.78 is 3.50. The molecule has 1 aromatic heterocycles. The predicted molar refractivity (Wildman–Crippen MR) is 78.9 cm³/mol. The number of fused-ring (bicyclic) bond motifs is 5. The van der Waals surface area contributed by atoms with Crippen molar-refractivity contribution in [1.29, 1.82) is 0 Å². The number of hydrogen-bond acceptors (Lipinski definition) is 0. The van der Waals surface area contributed by atoms with Gasteiger partial charge in [-0.3, -0.25) is 0 Å². The van der Waals surface area contributed by atoms with Crippen molar-refractivity contribution < 1.29 is 0 Å². The summed E-state index contributed by atoms with van der Waals surface area (Å²) in [5, 5.41) is 1.37. The Morgan fingerprint density at radius 2 is 1.94 bits per heavy atom. The van der Waals surface area contributed by atoms with Crippen LogP contribution in [0.4, 0.5) is 0 Å². The first-order chi connectivity index (χ1) is 8.75. The molecule has 0 saturated carbocycles. The lowest BCUT2D eigenvalue weighted by molar-refractivity contribution is 0.894. The molecule has 0 bridgehead atoms. The van der Waals surface area contributed by atoms with Crippen molar-refractivity contribution in [3.05, 3.63) is 58.2 Å². The smallest absolute Gasteiger partial charge is 0.0486 e. The first kappa shape index (κ1) is 10.4. The van der Waals surface area contributed by atoms with Gasteiger partial charge < -0.3 is 4.57 Å². The molecule has 0 aliphatic heterocycles. The molecule has 0 unspecified atom stereocenters. The third-order valence-electron chi connectivity index (χ3n) is 3.92. The minimum absolute atomic E-state index is 1.04. The molecule has 4 rings (SSSR count). The Morgan fingerprint density at radius 3 is 2.83 bits per heavy atom. The van der Waals surface area contributed by atoms with E-state index in [1.807, 2.05) is 0 Å². The van der Waals surface area contributed by atoms with E-state index >= 15 is 0 Å². The maximum Gasteiger partial charge on any atom is 0.0486 e. The van der Waals surface area contributed by atoms with Crippen molar-refractivity contribution in [2.45, 2.75) is 6.42 Å². The summed E-state index contributed by atoms with van der Waals surface area (Å²) in [6, 6.07) is 15.3. The maximum absolute atomic E-state index is 3.56. The molecule has 1 aliphatic carbocycles. The molecular formula is C16H12BrN. The maximum atomic E-state index is 3.56. The lowest BCUT2D eigenvalue weighted by Crippen LogP contribution is -1.94. The number of benzene rings is 2. The average molecular weight is 298 g/mol. The molecule has 1 heterocycles. The van der Waals surface area contributed by atoms with Gasteiger partial charge in [-0.15, -0.1) is 0 Å². The molecule has 0 radical (unpaired) electrons. The average Bonchev–Trinajstić information content (AvgIpc) is 2.87. The van der Waals surface area contributed by atoms with Crippen molar-refractivity contribution >= 4 is 26.8 Å². The molecule has 0 amide bonds. The number of hydrogen-bond donors (Lipinski definition) is 0. The molecule has 0 N–H and O–H groups in total. The highest BCUT2D eigenvalue weighted by molar-refractivity contribution is 9.10. The van der Waals surface area contributed by atoms with E-state index in [4.69, 9.17) is 0 Å². The third-order valence-corrected chi connectivity index (χ3v) is 4.42. The van der Waals surface area contributed by atoms with Crippen LogP contribution in [0, 0.1) is 0 Å². The van der Waals surface area contributed by atoms with Crippen molar-refractivity contribution in [1.82, 2.24) is 4.57 Å². The third kappa shape index (κ3) is 1.21. The number of rotatable bonds is 0. The van der Waals surface area contributed by atoms with Crippen LogP contribution in [-0.2, 0) is 13.5 Å². The monoisotopic (exact) mass is 297 g/mol. The van der Waals surface area contributed by atoms with E-state index in [-0.39, 0.29) is 0 Å². The van der Waals surface area contributed by atoms with E-state index in [2.05, 4.69) is 70.0 Å². The van der Waals surface area contributed by atoms with Crippen LogP contribution in [0.25, 0.3) is 22.0 Å². The van der Waals surface area contributed by atoms with Crippen LogP contribution in [0.15, 0.2) is 46.9 Å². The van der Waals surface area contributed by atoms with Gasteiger partial charge in [0, 0.05) is 40.1 Å². The lowest BCUT2D eigenvalue weighted by atomic mass is 10.0. The summed E-state index contributed by atoms with van der Waals surface area (Å²) in [4.78, 5) is 0. The molecule has 1 nitrogen and oxygen atoms in total. The highest BCUT2D eigenvalue weighted by Crippen LogP contribution is 2.43. The van der Waals surface area contributed by atoms with Gasteiger partial charge in [0.15, 0.2) is 0 Å². The number of aryl methyl sites for hydroxylation is 1. The van der Waals surface area contributed by atoms with Gasteiger partial charge in [0.2, 0.25) is 0 Å². The van der Waals surface area contributed by atoms with Crippen LogP contribution < -0.4 is 0 Å². The topological polar surface area (TPSA) is 4.93 Å². The second kappa shape index (κ2) is 3.48. The molecule has 3 aromatic rings. The first-order valence-corrected chi connectivity index (χ1v) is 6.90. The molecule has 18 heavy (non-hydrogen) atoms. The van der Waals surface area contributed by atoms with Gasteiger partial charge >= 0.3 is 0 Å². The number of halogens is 1. The quantitative estimate of drug-likeness (QED) is 0.450. The summed E-state index contributed by atoms with van der Waals surface area (Å²) in [7, 11) is 2.17. The number of aromatic nitrogens is 1. The van der Waals surface area contributed by atoms with E-state index in [0.29, 0.717) is 0 Å². The summed E-state index contributed by atoms with van der Waals surface area (Å²) in [5.74, 6) is 0. The zero-order valence-corrected chi connectivity index (χ0v) is 11.7. The molecule has 0 spiro atoms. The molecular weight excluding hydrogens is 286 g/mol. The normalized spacial score (nSPS) is 12.8. The standard InChI is InChI=1S/C16H12BrN/c1-18-14-5-3-2-4-13(14)16-12-7-6-11(17)8-10(12)9-15(16)18/h2-8H,9H2,1H3. The molecule has 88 valence electrons. The van der Waals surface area contributed by atoms with Crippen molar-refractivity contribution in [3.8, 4) is 11.1 Å². The zero-order chi connectivity index (χ0) is 12.3. The summed E-state index contributed by atoms with van der Waals surface area (Å²) >= 11 is 3.56. The van der Waals surface area contributed by atoms with Gasteiger partial charge in [0.05, 0.1) is 0 Å². The molecule has 0 atom stereocenters. The van der Waals surface area contributed by atoms with Crippen LogP contribution in [0.5, 0.6) is 0 Å². The summed E-state index contributed by atoms with van der Waals surface area (Å²) in [6.07, 6.45) is 1.04. The Kier molecular flexibility index (Phi) is 2.01. The van der Waals surface area contributed by atoms with E-state index in [1.54, 1.807) is 0 Å². The minimum Gasteiger partial charge on any atom is -0.347 e. The Labute approximate surface area is 114 Å². The van der Waals surface area contributed by atoms with Crippen LogP contribution in [-0.4, -0.2) is 4.57 Å². The second-order valence-corrected chi connectivity index (χ2v) is 5.79. The van der Waals surface area contributed by atoms with Crippen molar-refractivity contribution in [3.63, 3.8) is 0 Å². The van der Waals surface area contributed by atoms with Gasteiger partial charge in [-0.05, 0) is 29.3 Å². The fourth-order valence-electron chi connectivity index (χ4n) is 3.09. The van der Waals surface area contributed by atoms with Gasteiger partial charge in [0.25, 0.3) is 0 Å². The van der Waals surface area contributed by atoms with Gasteiger partial charge in [-0.25, -0.2) is 0 Å². The zero-order valence-electron chi connectivity index (χ0n) is 10.1. The Bertz CT molecular complexity index is 783. The molecule has 2 heteroatoms. The predicted octanol–water partition coefficient (Wildman–Crippen LogP) is 4.51. The lowest BCUT2D eigenvalue weighted by Gasteiger charge is -2.03. The molecule has 2 aromatic carbocycles. The van der Waals surface area contributed by atoms with Crippen molar-refractivity contribution in [2.24, 2.45) is 7.05 Å². The van der Waals surface area contributed by atoms with E-state index in [1.165, 1.54) is 37.8 Å². The van der Waals surface area contributed by atoms with Crippen LogP contribution >= 0.6 is 15.9 Å². The second-order valence-electron chi connectivity index (χ2n) is 4.88. The van der Waals surface area contributed by atoms with Crippen LogP contribution in [0.2, 0.25) is 0 Å². The fraction of sp³-hybridized carbons (Fsp3) is 0.125. The molecule has 0 fully saturated rings. The van der Waals surface area contributed by atoms with E-state index in [0.717, 1.165) is 6.42 Å². The SMILES string of the molecule is Cn1c2c(c3ccccc31)-c1ccc(Br)cc1C2. The highest BCUT2D eigenvalue weighted by Gasteiger charge is 2.24. The molecule has 1 aliphatic rings. The van der Waals surface area contributed by atoms with Crippen LogP contribution in [0.3, 0.4) is 0 Å².